The molecule has 4 nitrogen and oxygen atoms in total. The molecule has 2 rings (SSSR count). The summed E-state index contributed by atoms with van der Waals surface area (Å²) in [6.07, 6.45) is 0. The van der Waals surface area contributed by atoms with Gasteiger partial charge in [-0.1, -0.05) is 62.2 Å². The molecule has 1 aromatic heterocycles. The molecule has 4 N–H and O–H groups in total. The van der Waals surface area contributed by atoms with Crippen LogP contribution in [-0.2, 0) is 5.41 Å². The van der Waals surface area contributed by atoms with Crippen molar-refractivity contribution in [3.63, 3.8) is 0 Å². The van der Waals surface area contributed by atoms with Gasteiger partial charge in [0.15, 0.2) is 11.6 Å². The van der Waals surface area contributed by atoms with Crippen molar-refractivity contribution < 1.29 is 0 Å². The van der Waals surface area contributed by atoms with Crippen LogP contribution in [0.15, 0.2) is 30.3 Å². The zero-order valence-electron chi connectivity index (χ0n) is 12.2. The summed E-state index contributed by atoms with van der Waals surface area (Å²) in [6, 6.07) is 9.64. The average Bonchev–Trinajstić information content (AvgIpc) is 2.41. The van der Waals surface area contributed by atoms with E-state index in [0.717, 1.165) is 5.69 Å². The molecular weight excluding hydrogens is 307 g/mol. The normalized spacial score (nSPS) is 11.3. The van der Waals surface area contributed by atoms with Gasteiger partial charge < -0.3 is 10.7 Å². The fourth-order valence-corrected chi connectivity index (χ4v) is 2.49. The summed E-state index contributed by atoms with van der Waals surface area (Å²) in [4.78, 5) is 4.30. The van der Waals surface area contributed by atoms with Crippen molar-refractivity contribution in [1.29, 1.82) is 0 Å². The topological polar surface area (TPSA) is 63.0 Å². The van der Waals surface area contributed by atoms with Crippen molar-refractivity contribution >= 4 is 40.5 Å². The highest BCUT2D eigenvalue weighted by Crippen LogP contribution is 2.34. The molecule has 0 unspecified atom stereocenters. The summed E-state index contributed by atoms with van der Waals surface area (Å²) in [5.41, 5.74) is 4.56. The third-order valence-corrected chi connectivity index (χ3v) is 3.63. The zero-order chi connectivity index (χ0) is 15.6. The van der Waals surface area contributed by atoms with E-state index < -0.39 is 0 Å². The number of nitrogen functional groups attached to an aromatic ring is 1. The number of halogens is 2. The highest BCUT2D eigenvalue weighted by molar-refractivity contribution is 6.37. The number of hydrazine groups is 1. The number of nitrogens with zero attached hydrogens (tertiary/aromatic N) is 1. The molecule has 21 heavy (non-hydrogen) atoms. The minimum Gasteiger partial charge on any atom is -0.339 e. The van der Waals surface area contributed by atoms with Crippen LogP contribution in [0.4, 0.5) is 17.3 Å². The Labute approximate surface area is 134 Å². The van der Waals surface area contributed by atoms with Crippen molar-refractivity contribution in [3.05, 3.63) is 45.9 Å². The molecule has 1 heterocycles. The maximum atomic E-state index is 6.20. The van der Waals surface area contributed by atoms with Crippen LogP contribution in [-0.4, -0.2) is 4.98 Å². The summed E-state index contributed by atoms with van der Waals surface area (Å²) in [7, 11) is 0. The third-order valence-electron chi connectivity index (χ3n) is 3.05. The van der Waals surface area contributed by atoms with E-state index in [2.05, 4.69) is 42.6 Å². The van der Waals surface area contributed by atoms with Crippen molar-refractivity contribution in [2.75, 3.05) is 10.7 Å². The molecule has 2 aromatic rings. The first-order valence-corrected chi connectivity index (χ1v) is 7.27. The number of para-hydroxylation sites is 1. The second kappa shape index (κ2) is 6.10. The maximum absolute atomic E-state index is 6.20. The maximum Gasteiger partial charge on any atom is 0.161 e. The van der Waals surface area contributed by atoms with E-state index in [0.29, 0.717) is 21.7 Å². The molecule has 6 heteroatoms. The number of hydrogen-bond acceptors (Lipinski definition) is 4. The first-order valence-electron chi connectivity index (χ1n) is 6.52. The van der Waals surface area contributed by atoms with Crippen LogP contribution in [0.3, 0.4) is 0 Å². The molecular formula is C15H18Cl2N4. The Morgan fingerprint density at radius 2 is 1.67 bits per heavy atom. The smallest absolute Gasteiger partial charge is 0.161 e. The standard InChI is InChI=1S/C15H18Cl2N4/c1-15(2,3)9-6-4-5-7-12(9)19-13-10(16)8-11(17)14(20-13)21-18/h4-8H,18H2,1-3H3,(H2,19,20,21). The van der Waals surface area contributed by atoms with Crippen molar-refractivity contribution in [3.8, 4) is 0 Å². The molecule has 0 radical (unpaired) electrons. The summed E-state index contributed by atoms with van der Waals surface area (Å²) in [5, 5.41) is 4.06. The molecule has 0 fully saturated rings. The van der Waals surface area contributed by atoms with E-state index >= 15 is 0 Å². The second-order valence-electron chi connectivity index (χ2n) is 5.71. The predicted molar refractivity (Wildman–Crippen MR) is 90.5 cm³/mol. The SMILES string of the molecule is CC(C)(C)c1ccccc1Nc1nc(NN)c(Cl)cc1Cl. The Hall–Kier alpha value is -1.49. The molecule has 0 spiro atoms. The van der Waals surface area contributed by atoms with E-state index in [1.54, 1.807) is 6.07 Å². The molecule has 112 valence electrons. The number of hydrogen-bond donors (Lipinski definition) is 3. The molecule has 0 aliphatic heterocycles. The Morgan fingerprint density at radius 3 is 2.29 bits per heavy atom. The molecule has 0 aliphatic rings. The molecule has 0 atom stereocenters. The van der Waals surface area contributed by atoms with Crippen molar-refractivity contribution in [2.45, 2.75) is 26.2 Å². The van der Waals surface area contributed by atoms with Crippen LogP contribution in [0.5, 0.6) is 0 Å². The van der Waals surface area contributed by atoms with Crippen molar-refractivity contribution in [1.82, 2.24) is 4.98 Å². The lowest BCUT2D eigenvalue weighted by Crippen LogP contribution is -2.14. The molecule has 1 aromatic carbocycles. The fraction of sp³-hybridized carbons (Fsp3) is 0.267. The Bertz CT molecular complexity index is 651. The number of anilines is 3. The molecule has 0 aliphatic carbocycles. The van der Waals surface area contributed by atoms with Crippen molar-refractivity contribution in [2.24, 2.45) is 5.84 Å². The lowest BCUT2D eigenvalue weighted by molar-refractivity contribution is 0.592. The Morgan fingerprint density at radius 1 is 1.05 bits per heavy atom. The number of pyridine rings is 1. The van der Waals surface area contributed by atoms with Gasteiger partial charge in [-0.2, -0.15) is 0 Å². The van der Waals surface area contributed by atoms with Gasteiger partial charge in [-0.25, -0.2) is 10.8 Å². The second-order valence-corrected chi connectivity index (χ2v) is 6.53. The zero-order valence-corrected chi connectivity index (χ0v) is 13.7. The first kappa shape index (κ1) is 15.9. The number of rotatable bonds is 3. The summed E-state index contributed by atoms with van der Waals surface area (Å²) >= 11 is 12.2. The highest BCUT2D eigenvalue weighted by Gasteiger charge is 2.18. The third kappa shape index (κ3) is 3.59. The summed E-state index contributed by atoms with van der Waals surface area (Å²) < 4.78 is 0. The van der Waals surface area contributed by atoms with Gasteiger partial charge in [0.1, 0.15) is 0 Å². The quantitative estimate of drug-likeness (QED) is 0.565. The number of aromatic nitrogens is 1. The number of nitrogens with two attached hydrogens (primary N) is 1. The van der Waals surface area contributed by atoms with Crippen LogP contribution in [0.25, 0.3) is 0 Å². The molecule has 0 saturated carbocycles. The summed E-state index contributed by atoms with van der Waals surface area (Å²) in [5.74, 6) is 6.27. The van der Waals surface area contributed by atoms with Crippen LogP contribution < -0.4 is 16.6 Å². The van der Waals surface area contributed by atoms with Crippen LogP contribution in [0.2, 0.25) is 10.0 Å². The van der Waals surface area contributed by atoms with Gasteiger partial charge >= 0.3 is 0 Å². The van der Waals surface area contributed by atoms with Gasteiger partial charge in [0.2, 0.25) is 0 Å². The average molecular weight is 325 g/mol. The Balaban J connectivity index is 2.44. The van der Waals surface area contributed by atoms with Gasteiger partial charge in [0.05, 0.1) is 10.0 Å². The predicted octanol–water partition coefficient (Wildman–Crippen LogP) is 4.72. The van der Waals surface area contributed by atoms with Gasteiger partial charge in [-0.3, -0.25) is 0 Å². The lowest BCUT2D eigenvalue weighted by Gasteiger charge is -2.23. The minimum atomic E-state index is -0.00254. The van der Waals surface area contributed by atoms with E-state index in [1.807, 2.05) is 18.2 Å². The minimum absolute atomic E-state index is 0.00254. The van der Waals surface area contributed by atoms with Crippen LogP contribution >= 0.6 is 23.2 Å². The van der Waals surface area contributed by atoms with E-state index in [-0.39, 0.29) is 5.41 Å². The lowest BCUT2D eigenvalue weighted by atomic mass is 9.86. The fourth-order valence-electron chi connectivity index (χ4n) is 2.03. The summed E-state index contributed by atoms with van der Waals surface area (Å²) in [6.45, 7) is 6.45. The van der Waals surface area contributed by atoms with E-state index in [9.17, 15) is 0 Å². The van der Waals surface area contributed by atoms with E-state index in [1.165, 1.54) is 5.56 Å². The van der Waals surface area contributed by atoms with E-state index in [4.69, 9.17) is 29.0 Å². The van der Waals surface area contributed by atoms with Crippen LogP contribution in [0.1, 0.15) is 26.3 Å². The van der Waals surface area contributed by atoms with Crippen LogP contribution in [0, 0.1) is 0 Å². The highest BCUT2D eigenvalue weighted by atomic mass is 35.5. The molecule has 0 amide bonds. The van der Waals surface area contributed by atoms with Gasteiger partial charge in [-0.05, 0) is 23.1 Å². The largest absolute Gasteiger partial charge is 0.339 e. The monoisotopic (exact) mass is 324 g/mol. The Kier molecular flexibility index (Phi) is 4.61. The number of nitrogens with one attached hydrogen (secondary N) is 2. The molecule has 0 saturated heterocycles. The van der Waals surface area contributed by atoms with Gasteiger partial charge in [0.25, 0.3) is 0 Å². The van der Waals surface area contributed by atoms with Gasteiger partial charge in [0, 0.05) is 5.69 Å². The first-order chi connectivity index (χ1) is 9.82. The van der Waals surface area contributed by atoms with Gasteiger partial charge in [-0.15, -0.1) is 0 Å². The molecule has 0 bridgehead atoms. The number of benzene rings is 1.